The smallest absolute Gasteiger partial charge is 0.230 e. The average molecular weight is 357 g/mol. The predicted octanol–water partition coefficient (Wildman–Crippen LogP) is 3.65. The van der Waals surface area contributed by atoms with Crippen molar-refractivity contribution < 1.29 is 9.59 Å². The van der Waals surface area contributed by atoms with Crippen LogP contribution in [0.3, 0.4) is 0 Å². The molecule has 5 heteroatoms. The van der Waals surface area contributed by atoms with Gasteiger partial charge in [-0.2, -0.15) is 0 Å². The number of benzene rings is 2. The first-order valence-electron chi connectivity index (χ1n) is 8.49. The number of nitrogens with zero attached hydrogens (tertiary/aromatic N) is 1. The molecule has 25 heavy (non-hydrogen) atoms. The van der Waals surface area contributed by atoms with Gasteiger partial charge in [0.2, 0.25) is 11.8 Å². The molecule has 1 saturated carbocycles. The third-order valence-electron chi connectivity index (χ3n) is 4.51. The lowest BCUT2D eigenvalue weighted by molar-refractivity contribution is -0.126. The fourth-order valence-corrected chi connectivity index (χ4v) is 3.19. The molecule has 4 nitrogen and oxygen atoms in total. The summed E-state index contributed by atoms with van der Waals surface area (Å²) in [6.45, 7) is 2.92. The van der Waals surface area contributed by atoms with E-state index in [2.05, 4.69) is 5.32 Å². The molecule has 0 aromatic heterocycles. The number of halogens is 1. The number of carbonyl (C=O) groups is 2. The largest absolute Gasteiger partial charge is 0.352 e. The summed E-state index contributed by atoms with van der Waals surface area (Å²) in [5, 5.41) is 3.52. The molecular formula is C20H21ClN2O2. The molecule has 1 fully saturated rings. The Labute approximate surface area is 152 Å². The highest BCUT2D eigenvalue weighted by atomic mass is 35.5. The number of anilines is 1. The van der Waals surface area contributed by atoms with Crippen molar-refractivity contribution in [3.63, 3.8) is 0 Å². The van der Waals surface area contributed by atoms with Gasteiger partial charge in [0.1, 0.15) is 0 Å². The van der Waals surface area contributed by atoms with E-state index in [1.54, 1.807) is 11.0 Å². The van der Waals surface area contributed by atoms with E-state index in [-0.39, 0.29) is 23.7 Å². The van der Waals surface area contributed by atoms with Gasteiger partial charge in [-0.3, -0.25) is 9.59 Å². The molecule has 2 aromatic rings. The van der Waals surface area contributed by atoms with E-state index in [1.807, 2.05) is 55.5 Å². The van der Waals surface area contributed by atoms with E-state index in [1.165, 1.54) is 0 Å². The number of hydrogen-bond donors (Lipinski definition) is 1. The molecule has 2 unspecified atom stereocenters. The van der Waals surface area contributed by atoms with Crippen LogP contribution >= 0.6 is 11.6 Å². The van der Waals surface area contributed by atoms with Crippen molar-refractivity contribution >= 4 is 29.1 Å². The third-order valence-corrected chi connectivity index (χ3v) is 4.87. The fraction of sp³-hybridized carbons (Fsp3) is 0.300. The van der Waals surface area contributed by atoms with Crippen LogP contribution < -0.4 is 10.2 Å². The molecule has 1 aliphatic carbocycles. The van der Waals surface area contributed by atoms with Crippen molar-refractivity contribution in [3.05, 3.63) is 65.2 Å². The van der Waals surface area contributed by atoms with Crippen LogP contribution in [0.5, 0.6) is 0 Å². The van der Waals surface area contributed by atoms with Gasteiger partial charge in [-0.25, -0.2) is 0 Å². The van der Waals surface area contributed by atoms with Crippen molar-refractivity contribution in [1.82, 2.24) is 5.32 Å². The van der Waals surface area contributed by atoms with Crippen molar-refractivity contribution in [2.45, 2.75) is 19.9 Å². The standard InChI is InChI=1S/C20H21ClN2O2/c1-2-23(15-9-4-3-5-10-15)20(25)17-12-16(17)19(24)22-13-14-8-6-7-11-18(14)21/h3-11,16-17H,2,12-13H2,1H3,(H,22,24). The van der Waals surface area contributed by atoms with Crippen LogP contribution in [0, 0.1) is 11.8 Å². The molecule has 3 rings (SSSR count). The highest BCUT2D eigenvalue weighted by Gasteiger charge is 2.49. The summed E-state index contributed by atoms with van der Waals surface area (Å²) in [6, 6.07) is 17.0. The fourth-order valence-electron chi connectivity index (χ4n) is 2.99. The lowest BCUT2D eigenvalue weighted by atomic mass is 10.2. The molecule has 0 bridgehead atoms. The Kier molecular flexibility index (Phi) is 5.39. The van der Waals surface area contributed by atoms with Crippen LogP contribution in [0.15, 0.2) is 54.6 Å². The Morgan fingerprint density at radius 3 is 2.44 bits per heavy atom. The summed E-state index contributed by atoms with van der Waals surface area (Å²) in [5.74, 6) is -0.534. The Hall–Kier alpha value is -2.33. The van der Waals surface area contributed by atoms with Gasteiger partial charge in [0.15, 0.2) is 0 Å². The second kappa shape index (κ2) is 7.70. The van der Waals surface area contributed by atoms with Gasteiger partial charge >= 0.3 is 0 Å². The topological polar surface area (TPSA) is 49.4 Å². The summed E-state index contributed by atoms with van der Waals surface area (Å²) in [6.07, 6.45) is 0.608. The van der Waals surface area contributed by atoms with Crippen LogP contribution in [0.4, 0.5) is 5.69 Å². The maximum absolute atomic E-state index is 12.7. The van der Waals surface area contributed by atoms with Crippen LogP contribution in [-0.2, 0) is 16.1 Å². The molecule has 1 aliphatic rings. The minimum absolute atomic E-state index is 0.0200. The van der Waals surface area contributed by atoms with Crippen molar-refractivity contribution in [1.29, 1.82) is 0 Å². The van der Waals surface area contributed by atoms with Gasteiger partial charge in [-0.15, -0.1) is 0 Å². The van der Waals surface area contributed by atoms with Gasteiger partial charge in [0.25, 0.3) is 0 Å². The normalized spacial score (nSPS) is 18.5. The predicted molar refractivity (Wildman–Crippen MR) is 99.4 cm³/mol. The van der Waals surface area contributed by atoms with Crippen LogP contribution in [0.1, 0.15) is 18.9 Å². The highest BCUT2D eigenvalue weighted by molar-refractivity contribution is 6.31. The quantitative estimate of drug-likeness (QED) is 0.859. The number of rotatable bonds is 6. The Morgan fingerprint density at radius 2 is 1.76 bits per heavy atom. The first-order valence-corrected chi connectivity index (χ1v) is 8.87. The number of amides is 2. The molecule has 0 spiro atoms. The summed E-state index contributed by atoms with van der Waals surface area (Å²) in [7, 11) is 0. The zero-order valence-corrected chi connectivity index (χ0v) is 14.9. The first kappa shape index (κ1) is 17.5. The second-order valence-electron chi connectivity index (χ2n) is 6.18. The van der Waals surface area contributed by atoms with Crippen molar-refractivity contribution in [2.24, 2.45) is 11.8 Å². The van der Waals surface area contributed by atoms with Crippen LogP contribution in [0.2, 0.25) is 5.02 Å². The summed E-state index contributed by atoms with van der Waals surface area (Å²) in [5.41, 5.74) is 1.75. The van der Waals surface area contributed by atoms with E-state index in [9.17, 15) is 9.59 Å². The lowest BCUT2D eigenvalue weighted by Crippen LogP contribution is -2.34. The van der Waals surface area contributed by atoms with Gasteiger partial charge in [0, 0.05) is 23.8 Å². The molecule has 2 amide bonds. The maximum Gasteiger partial charge on any atom is 0.230 e. The zero-order chi connectivity index (χ0) is 17.8. The zero-order valence-electron chi connectivity index (χ0n) is 14.1. The summed E-state index contributed by atoms with van der Waals surface area (Å²) < 4.78 is 0. The third kappa shape index (κ3) is 4.02. The van der Waals surface area contributed by atoms with Crippen molar-refractivity contribution in [2.75, 3.05) is 11.4 Å². The molecule has 130 valence electrons. The minimum atomic E-state index is -0.243. The van der Waals surface area contributed by atoms with E-state index in [4.69, 9.17) is 11.6 Å². The van der Waals surface area contributed by atoms with Gasteiger partial charge in [-0.05, 0) is 37.1 Å². The number of hydrogen-bond acceptors (Lipinski definition) is 2. The molecule has 0 radical (unpaired) electrons. The summed E-state index contributed by atoms with van der Waals surface area (Å²) >= 11 is 6.10. The molecule has 0 saturated heterocycles. The van der Waals surface area contributed by atoms with E-state index in [0.29, 0.717) is 24.5 Å². The SMILES string of the molecule is CCN(C(=O)C1CC1C(=O)NCc1ccccc1Cl)c1ccccc1. The Morgan fingerprint density at radius 1 is 1.08 bits per heavy atom. The highest BCUT2D eigenvalue weighted by Crippen LogP contribution is 2.41. The van der Waals surface area contributed by atoms with Crippen LogP contribution in [0.25, 0.3) is 0 Å². The van der Waals surface area contributed by atoms with Crippen molar-refractivity contribution in [3.8, 4) is 0 Å². The number of carbonyl (C=O) groups excluding carboxylic acids is 2. The molecule has 2 aromatic carbocycles. The monoisotopic (exact) mass is 356 g/mol. The first-order chi connectivity index (χ1) is 12.1. The van der Waals surface area contributed by atoms with Crippen LogP contribution in [-0.4, -0.2) is 18.4 Å². The Bertz CT molecular complexity index is 763. The number of para-hydroxylation sites is 1. The Balaban J connectivity index is 1.57. The average Bonchev–Trinajstić information content (AvgIpc) is 3.43. The van der Waals surface area contributed by atoms with Gasteiger partial charge in [0.05, 0.1) is 11.8 Å². The second-order valence-corrected chi connectivity index (χ2v) is 6.58. The summed E-state index contributed by atoms with van der Waals surface area (Å²) in [4.78, 5) is 26.8. The van der Waals surface area contributed by atoms with E-state index in [0.717, 1.165) is 11.3 Å². The maximum atomic E-state index is 12.7. The van der Waals surface area contributed by atoms with E-state index < -0.39 is 0 Å². The molecule has 0 aliphatic heterocycles. The van der Waals surface area contributed by atoms with E-state index >= 15 is 0 Å². The molecular weight excluding hydrogens is 336 g/mol. The van der Waals surface area contributed by atoms with Gasteiger partial charge < -0.3 is 10.2 Å². The lowest BCUT2D eigenvalue weighted by Gasteiger charge is -2.21. The number of nitrogens with one attached hydrogen (secondary N) is 1. The minimum Gasteiger partial charge on any atom is -0.352 e. The molecule has 0 heterocycles. The van der Waals surface area contributed by atoms with Gasteiger partial charge in [-0.1, -0.05) is 48.0 Å². The molecule has 1 N–H and O–H groups in total. The molecule has 2 atom stereocenters.